The van der Waals surface area contributed by atoms with Crippen LogP contribution in [0.1, 0.15) is 49.9 Å². The molecule has 1 aromatic heterocycles. The molecule has 3 nitrogen and oxygen atoms in total. The Morgan fingerprint density at radius 3 is 3.13 bits per heavy atom. The summed E-state index contributed by atoms with van der Waals surface area (Å²) in [6.45, 7) is 3.34. The number of nitrogens with one attached hydrogen (secondary N) is 1. The second-order valence-corrected chi connectivity index (χ2v) is 4.41. The van der Waals surface area contributed by atoms with Gasteiger partial charge in [-0.15, -0.1) is 0 Å². The van der Waals surface area contributed by atoms with Gasteiger partial charge in [0.25, 0.3) is 0 Å². The van der Waals surface area contributed by atoms with E-state index in [1.54, 1.807) is 0 Å². The maximum absolute atomic E-state index is 4.51. The Hall–Kier alpha value is -0.830. The highest BCUT2D eigenvalue weighted by atomic mass is 15.3. The van der Waals surface area contributed by atoms with Crippen molar-refractivity contribution in [3.05, 3.63) is 17.5 Å². The highest BCUT2D eigenvalue weighted by Crippen LogP contribution is 2.25. The third kappa shape index (κ3) is 2.40. The zero-order valence-corrected chi connectivity index (χ0v) is 9.79. The molecule has 1 fully saturated rings. The number of hydrogen-bond acceptors (Lipinski definition) is 2. The molecule has 1 saturated heterocycles. The van der Waals surface area contributed by atoms with E-state index >= 15 is 0 Å². The maximum Gasteiger partial charge on any atom is 0.0669 e. The minimum absolute atomic E-state index is 0.538. The molecule has 84 valence electrons. The van der Waals surface area contributed by atoms with Gasteiger partial charge in [0.15, 0.2) is 0 Å². The van der Waals surface area contributed by atoms with E-state index in [0.717, 1.165) is 13.0 Å². The molecule has 1 aliphatic heterocycles. The van der Waals surface area contributed by atoms with Crippen LogP contribution < -0.4 is 5.32 Å². The summed E-state index contributed by atoms with van der Waals surface area (Å²) in [6, 6.07) is 0.538. The van der Waals surface area contributed by atoms with Crippen LogP contribution >= 0.6 is 0 Å². The molecule has 2 rings (SSSR count). The van der Waals surface area contributed by atoms with Crippen LogP contribution in [0.2, 0.25) is 0 Å². The maximum atomic E-state index is 4.51. The summed E-state index contributed by atoms with van der Waals surface area (Å²) in [4.78, 5) is 0. The molecule has 2 heterocycles. The zero-order chi connectivity index (χ0) is 10.7. The predicted molar refractivity (Wildman–Crippen MR) is 61.8 cm³/mol. The first kappa shape index (κ1) is 10.7. The fourth-order valence-corrected chi connectivity index (χ4v) is 2.41. The van der Waals surface area contributed by atoms with Gasteiger partial charge in [-0.1, -0.05) is 19.8 Å². The van der Waals surface area contributed by atoms with Crippen LogP contribution in [-0.4, -0.2) is 16.3 Å². The molecular formula is C12H21N3. The van der Waals surface area contributed by atoms with Gasteiger partial charge in [-0.05, 0) is 25.8 Å². The van der Waals surface area contributed by atoms with Crippen LogP contribution in [0.25, 0.3) is 0 Å². The van der Waals surface area contributed by atoms with Gasteiger partial charge >= 0.3 is 0 Å². The van der Waals surface area contributed by atoms with Gasteiger partial charge in [0.2, 0.25) is 0 Å². The second kappa shape index (κ2) is 4.79. The van der Waals surface area contributed by atoms with Crippen molar-refractivity contribution in [3.63, 3.8) is 0 Å². The summed E-state index contributed by atoms with van der Waals surface area (Å²) in [5.41, 5.74) is 2.68. The molecule has 1 aliphatic rings. The Labute approximate surface area is 91.9 Å². The first-order valence-corrected chi connectivity index (χ1v) is 6.07. The molecule has 0 spiro atoms. The SMILES string of the molecule is CCc1nn(C)cc1C1CCCCCN1. The molecular weight excluding hydrogens is 186 g/mol. The van der Waals surface area contributed by atoms with Crippen LogP contribution in [-0.2, 0) is 13.5 Å². The molecule has 3 heteroatoms. The van der Waals surface area contributed by atoms with Crippen molar-refractivity contribution >= 4 is 0 Å². The monoisotopic (exact) mass is 207 g/mol. The molecule has 0 aliphatic carbocycles. The average Bonchev–Trinajstić information content (AvgIpc) is 2.47. The Balaban J connectivity index is 2.18. The summed E-state index contributed by atoms with van der Waals surface area (Å²) in [6.07, 6.45) is 8.51. The molecule has 0 amide bonds. The number of rotatable bonds is 2. The fraction of sp³-hybridized carbons (Fsp3) is 0.750. The number of nitrogens with zero attached hydrogens (tertiary/aromatic N) is 2. The molecule has 1 N–H and O–H groups in total. The van der Waals surface area contributed by atoms with Gasteiger partial charge in [-0.25, -0.2) is 0 Å². The van der Waals surface area contributed by atoms with Gasteiger partial charge in [-0.2, -0.15) is 5.10 Å². The van der Waals surface area contributed by atoms with Crippen LogP contribution in [0.4, 0.5) is 0 Å². The molecule has 15 heavy (non-hydrogen) atoms. The number of aromatic nitrogens is 2. The molecule has 0 saturated carbocycles. The summed E-state index contributed by atoms with van der Waals surface area (Å²) < 4.78 is 1.95. The molecule has 1 aromatic rings. The Bertz CT molecular complexity index is 309. The lowest BCUT2D eigenvalue weighted by Crippen LogP contribution is -2.20. The number of aryl methyl sites for hydroxylation is 2. The van der Waals surface area contributed by atoms with E-state index in [1.807, 2.05) is 11.7 Å². The fourth-order valence-electron chi connectivity index (χ4n) is 2.41. The van der Waals surface area contributed by atoms with E-state index in [2.05, 4.69) is 23.5 Å². The van der Waals surface area contributed by atoms with Crippen molar-refractivity contribution < 1.29 is 0 Å². The number of hydrogen-bond donors (Lipinski definition) is 1. The van der Waals surface area contributed by atoms with Gasteiger partial charge in [-0.3, -0.25) is 4.68 Å². The van der Waals surface area contributed by atoms with Crippen molar-refractivity contribution in [1.82, 2.24) is 15.1 Å². The Morgan fingerprint density at radius 1 is 1.47 bits per heavy atom. The van der Waals surface area contributed by atoms with Crippen LogP contribution in [0.15, 0.2) is 6.20 Å². The van der Waals surface area contributed by atoms with E-state index in [-0.39, 0.29) is 0 Å². The third-order valence-electron chi connectivity index (χ3n) is 3.21. The summed E-state index contributed by atoms with van der Waals surface area (Å²) in [5, 5.41) is 8.14. The summed E-state index contributed by atoms with van der Waals surface area (Å²) in [7, 11) is 2.01. The minimum atomic E-state index is 0.538. The molecule has 1 atom stereocenters. The predicted octanol–water partition coefficient (Wildman–Crippen LogP) is 2.19. The smallest absolute Gasteiger partial charge is 0.0669 e. The quantitative estimate of drug-likeness (QED) is 0.805. The largest absolute Gasteiger partial charge is 0.310 e. The normalized spacial score (nSPS) is 22.7. The Kier molecular flexibility index (Phi) is 3.41. The van der Waals surface area contributed by atoms with E-state index in [9.17, 15) is 0 Å². The van der Waals surface area contributed by atoms with Crippen LogP contribution in [0.5, 0.6) is 0 Å². The van der Waals surface area contributed by atoms with Crippen LogP contribution in [0, 0.1) is 0 Å². The van der Waals surface area contributed by atoms with Gasteiger partial charge in [0.1, 0.15) is 0 Å². The molecule has 0 aromatic carbocycles. The Morgan fingerprint density at radius 2 is 2.33 bits per heavy atom. The topological polar surface area (TPSA) is 29.9 Å². The molecule has 0 radical (unpaired) electrons. The first-order chi connectivity index (χ1) is 7.31. The first-order valence-electron chi connectivity index (χ1n) is 6.07. The van der Waals surface area contributed by atoms with Gasteiger partial charge in [0, 0.05) is 24.8 Å². The van der Waals surface area contributed by atoms with Crippen molar-refractivity contribution in [2.45, 2.75) is 45.1 Å². The second-order valence-electron chi connectivity index (χ2n) is 4.41. The van der Waals surface area contributed by atoms with Crippen molar-refractivity contribution in [3.8, 4) is 0 Å². The van der Waals surface area contributed by atoms with Crippen molar-refractivity contribution in [2.24, 2.45) is 7.05 Å². The average molecular weight is 207 g/mol. The lowest BCUT2D eigenvalue weighted by atomic mass is 10.0. The van der Waals surface area contributed by atoms with Crippen molar-refractivity contribution in [1.29, 1.82) is 0 Å². The minimum Gasteiger partial charge on any atom is -0.310 e. The lowest BCUT2D eigenvalue weighted by Gasteiger charge is -2.15. The van der Waals surface area contributed by atoms with E-state index in [4.69, 9.17) is 0 Å². The van der Waals surface area contributed by atoms with Gasteiger partial charge in [0.05, 0.1) is 5.69 Å². The molecule has 0 bridgehead atoms. The highest BCUT2D eigenvalue weighted by molar-refractivity contribution is 5.21. The zero-order valence-electron chi connectivity index (χ0n) is 9.79. The summed E-state index contributed by atoms with van der Waals surface area (Å²) >= 11 is 0. The third-order valence-corrected chi connectivity index (χ3v) is 3.21. The highest BCUT2D eigenvalue weighted by Gasteiger charge is 2.18. The lowest BCUT2D eigenvalue weighted by molar-refractivity contribution is 0.531. The standard InChI is InChI=1S/C12H21N3/c1-3-11-10(9-15(2)14-11)12-7-5-4-6-8-13-12/h9,12-13H,3-8H2,1-2H3. The van der Waals surface area contributed by atoms with E-state index in [1.165, 1.54) is 36.9 Å². The summed E-state index contributed by atoms with van der Waals surface area (Å²) in [5.74, 6) is 0. The van der Waals surface area contributed by atoms with Gasteiger partial charge < -0.3 is 5.32 Å². The van der Waals surface area contributed by atoms with Crippen molar-refractivity contribution in [2.75, 3.05) is 6.54 Å². The van der Waals surface area contributed by atoms with E-state index < -0.39 is 0 Å². The van der Waals surface area contributed by atoms with Crippen LogP contribution in [0.3, 0.4) is 0 Å². The van der Waals surface area contributed by atoms with E-state index in [0.29, 0.717) is 6.04 Å². The molecule has 1 unspecified atom stereocenters.